The van der Waals surface area contributed by atoms with Crippen LogP contribution in [0.2, 0.25) is 0 Å². The molecule has 0 amide bonds. The molecule has 1 saturated carbocycles. The predicted molar refractivity (Wildman–Crippen MR) is 52.5 cm³/mol. The normalized spacial score (nSPS) is 31.1. The van der Waals surface area contributed by atoms with Crippen LogP contribution in [0.5, 0.6) is 0 Å². The molecule has 1 heterocycles. The molecule has 2 atom stereocenters. The zero-order valence-electron chi connectivity index (χ0n) is 8.27. The largest absolute Gasteiger partial charge is 0.389 e. The Balaban J connectivity index is 1.84. The second-order valence-corrected chi connectivity index (χ2v) is 4.03. The highest BCUT2D eigenvalue weighted by molar-refractivity contribution is 5.01. The van der Waals surface area contributed by atoms with Gasteiger partial charge in [0.2, 0.25) is 0 Å². The lowest BCUT2D eigenvalue weighted by molar-refractivity contribution is -0.0524. The van der Waals surface area contributed by atoms with Crippen molar-refractivity contribution < 1.29 is 5.11 Å². The molecule has 0 unspecified atom stereocenters. The van der Waals surface area contributed by atoms with Crippen molar-refractivity contribution in [2.24, 2.45) is 0 Å². The van der Waals surface area contributed by atoms with Gasteiger partial charge >= 0.3 is 0 Å². The Morgan fingerprint density at radius 1 is 1.64 bits per heavy atom. The smallest absolute Gasteiger partial charge is 0.0772 e. The molecule has 1 aliphatic carbocycles. The van der Waals surface area contributed by atoms with Crippen LogP contribution in [0.1, 0.15) is 25.5 Å². The third kappa shape index (κ3) is 1.91. The molecule has 1 aliphatic rings. The van der Waals surface area contributed by atoms with Crippen molar-refractivity contribution in [3.8, 4) is 0 Å². The van der Waals surface area contributed by atoms with Crippen LogP contribution in [0.4, 0.5) is 0 Å². The lowest BCUT2D eigenvalue weighted by Gasteiger charge is -2.43. The van der Waals surface area contributed by atoms with E-state index in [0.717, 1.165) is 18.5 Å². The van der Waals surface area contributed by atoms with Crippen molar-refractivity contribution in [1.82, 2.24) is 15.3 Å². The van der Waals surface area contributed by atoms with Crippen molar-refractivity contribution in [3.63, 3.8) is 0 Å². The third-order valence-electron chi connectivity index (χ3n) is 2.84. The summed E-state index contributed by atoms with van der Waals surface area (Å²) in [6, 6.07) is 0.199. The number of nitrogens with one attached hydrogen (secondary N) is 1. The van der Waals surface area contributed by atoms with Crippen LogP contribution in [-0.4, -0.2) is 26.7 Å². The van der Waals surface area contributed by atoms with Crippen LogP contribution in [0, 0.1) is 0 Å². The molecule has 0 aliphatic heterocycles. The van der Waals surface area contributed by atoms with Gasteiger partial charge in [0, 0.05) is 31.2 Å². The van der Waals surface area contributed by atoms with E-state index in [2.05, 4.69) is 15.3 Å². The van der Waals surface area contributed by atoms with E-state index in [-0.39, 0.29) is 6.04 Å². The van der Waals surface area contributed by atoms with E-state index in [1.807, 2.05) is 6.92 Å². The van der Waals surface area contributed by atoms with Crippen molar-refractivity contribution >= 4 is 0 Å². The first kappa shape index (κ1) is 9.55. The Bertz CT molecular complexity index is 299. The van der Waals surface area contributed by atoms with Gasteiger partial charge in [0.1, 0.15) is 0 Å². The molecule has 4 nitrogen and oxygen atoms in total. The Labute approximate surface area is 83.4 Å². The zero-order chi connectivity index (χ0) is 10.0. The third-order valence-corrected chi connectivity index (χ3v) is 2.84. The maximum atomic E-state index is 9.75. The molecule has 2 rings (SSSR count). The molecule has 0 aromatic carbocycles. The van der Waals surface area contributed by atoms with Crippen molar-refractivity contribution in [2.45, 2.75) is 38.0 Å². The molecule has 0 radical (unpaired) electrons. The molecule has 14 heavy (non-hydrogen) atoms. The minimum atomic E-state index is -0.539. The summed E-state index contributed by atoms with van der Waals surface area (Å²) in [6.45, 7) is 2.54. The van der Waals surface area contributed by atoms with Crippen LogP contribution in [-0.2, 0) is 6.54 Å². The molecule has 0 bridgehead atoms. The summed E-state index contributed by atoms with van der Waals surface area (Å²) >= 11 is 0. The first-order valence-corrected chi connectivity index (χ1v) is 4.89. The van der Waals surface area contributed by atoms with Gasteiger partial charge in [-0.05, 0) is 19.8 Å². The van der Waals surface area contributed by atoms with Crippen LogP contribution in [0.15, 0.2) is 18.6 Å². The van der Waals surface area contributed by atoms with E-state index >= 15 is 0 Å². The quantitative estimate of drug-likeness (QED) is 0.733. The van der Waals surface area contributed by atoms with Gasteiger partial charge < -0.3 is 10.4 Å². The van der Waals surface area contributed by atoms with Crippen molar-refractivity contribution in [2.75, 3.05) is 0 Å². The number of hydrogen-bond donors (Lipinski definition) is 2. The van der Waals surface area contributed by atoms with Crippen LogP contribution in [0.25, 0.3) is 0 Å². The van der Waals surface area contributed by atoms with Gasteiger partial charge in [-0.2, -0.15) is 0 Å². The summed E-state index contributed by atoms with van der Waals surface area (Å²) in [5, 5.41) is 13.0. The molecule has 1 aromatic rings. The number of nitrogens with zero attached hydrogens (tertiary/aromatic N) is 2. The zero-order valence-corrected chi connectivity index (χ0v) is 8.27. The lowest BCUT2D eigenvalue weighted by atomic mass is 9.76. The monoisotopic (exact) mass is 193 g/mol. The Kier molecular flexibility index (Phi) is 2.48. The Morgan fingerprint density at radius 3 is 3.00 bits per heavy atom. The van der Waals surface area contributed by atoms with Crippen LogP contribution >= 0.6 is 0 Å². The van der Waals surface area contributed by atoms with Crippen molar-refractivity contribution in [1.29, 1.82) is 0 Å². The molecule has 76 valence electrons. The van der Waals surface area contributed by atoms with Gasteiger partial charge in [-0.3, -0.25) is 9.97 Å². The van der Waals surface area contributed by atoms with Gasteiger partial charge in [0.15, 0.2) is 0 Å². The van der Waals surface area contributed by atoms with E-state index in [4.69, 9.17) is 0 Å². The fraction of sp³-hybridized carbons (Fsp3) is 0.600. The standard InChI is InChI=1S/C10H15N3O/c1-10(14)3-2-9(10)13-7-8-6-11-4-5-12-8/h4-6,9,13-14H,2-3,7H2,1H3/t9-,10-/m0/s1. The van der Waals surface area contributed by atoms with Crippen molar-refractivity contribution in [3.05, 3.63) is 24.3 Å². The predicted octanol–water partition coefficient (Wildman–Crippen LogP) is 0.480. The number of aliphatic hydroxyl groups is 1. The first-order valence-electron chi connectivity index (χ1n) is 4.89. The maximum Gasteiger partial charge on any atom is 0.0772 e. The Hall–Kier alpha value is -1.00. The second kappa shape index (κ2) is 3.63. The Morgan fingerprint density at radius 2 is 2.50 bits per heavy atom. The molecule has 0 saturated heterocycles. The van der Waals surface area contributed by atoms with E-state index in [0.29, 0.717) is 6.54 Å². The number of hydrogen-bond acceptors (Lipinski definition) is 4. The number of aromatic nitrogens is 2. The van der Waals surface area contributed by atoms with Gasteiger partial charge in [0.05, 0.1) is 11.3 Å². The topological polar surface area (TPSA) is 58.0 Å². The fourth-order valence-corrected chi connectivity index (χ4v) is 1.68. The minimum absolute atomic E-state index is 0.199. The van der Waals surface area contributed by atoms with E-state index in [1.165, 1.54) is 0 Å². The number of rotatable bonds is 3. The van der Waals surface area contributed by atoms with Crippen LogP contribution in [0.3, 0.4) is 0 Å². The summed E-state index contributed by atoms with van der Waals surface area (Å²) in [5.41, 5.74) is 0.373. The SMILES string of the molecule is C[C@]1(O)CC[C@@H]1NCc1cnccn1. The summed E-state index contributed by atoms with van der Waals surface area (Å²) in [7, 11) is 0. The summed E-state index contributed by atoms with van der Waals surface area (Å²) in [4.78, 5) is 8.13. The maximum absolute atomic E-state index is 9.75. The molecular formula is C10H15N3O. The molecular weight excluding hydrogens is 178 g/mol. The van der Waals surface area contributed by atoms with E-state index in [9.17, 15) is 5.11 Å². The molecule has 1 aromatic heterocycles. The van der Waals surface area contributed by atoms with E-state index in [1.54, 1.807) is 18.6 Å². The first-order chi connectivity index (χ1) is 6.68. The molecule has 1 fully saturated rings. The average Bonchev–Trinajstić information content (AvgIpc) is 2.18. The summed E-state index contributed by atoms with van der Waals surface area (Å²) < 4.78 is 0. The molecule has 4 heteroatoms. The highest BCUT2D eigenvalue weighted by atomic mass is 16.3. The summed E-state index contributed by atoms with van der Waals surface area (Å²) in [5.74, 6) is 0. The van der Waals surface area contributed by atoms with Crippen LogP contribution < -0.4 is 5.32 Å². The molecule has 2 N–H and O–H groups in total. The fourth-order valence-electron chi connectivity index (χ4n) is 1.68. The van der Waals surface area contributed by atoms with Gasteiger partial charge in [-0.15, -0.1) is 0 Å². The highest BCUT2D eigenvalue weighted by Gasteiger charge is 2.40. The highest BCUT2D eigenvalue weighted by Crippen LogP contribution is 2.31. The van der Waals surface area contributed by atoms with Gasteiger partial charge in [-0.1, -0.05) is 0 Å². The second-order valence-electron chi connectivity index (χ2n) is 4.03. The lowest BCUT2D eigenvalue weighted by Crippen LogP contribution is -2.56. The summed E-state index contributed by atoms with van der Waals surface area (Å²) in [6.07, 6.45) is 6.98. The molecule has 0 spiro atoms. The average molecular weight is 193 g/mol. The van der Waals surface area contributed by atoms with Gasteiger partial charge in [0.25, 0.3) is 0 Å². The minimum Gasteiger partial charge on any atom is -0.389 e. The van der Waals surface area contributed by atoms with Gasteiger partial charge in [-0.25, -0.2) is 0 Å². The van der Waals surface area contributed by atoms with E-state index < -0.39 is 5.60 Å².